The maximum absolute atomic E-state index is 9.76. The van der Waals surface area contributed by atoms with Gasteiger partial charge in [0.25, 0.3) is 0 Å². The molecule has 2 aliphatic rings. The third-order valence-electron chi connectivity index (χ3n) is 4.13. The average molecular weight is 257 g/mol. The van der Waals surface area contributed by atoms with Gasteiger partial charge in [-0.25, -0.2) is 0 Å². The largest absolute Gasteiger partial charge is 0.389 e. The summed E-state index contributed by atoms with van der Waals surface area (Å²) >= 11 is 0. The van der Waals surface area contributed by atoms with Gasteiger partial charge in [-0.05, 0) is 37.1 Å². The Hall–Kier alpha value is -0.160. The van der Waals surface area contributed by atoms with Crippen LogP contribution in [0.5, 0.6) is 0 Å². The van der Waals surface area contributed by atoms with Crippen molar-refractivity contribution in [2.24, 2.45) is 11.3 Å². The van der Waals surface area contributed by atoms with E-state index in [-0.39, 0.29) is 6.10 Å². The van der Waals surface area contributed by atoms with Crippen LogP contribution in [0.4, 0.5) is 0 Å². The fourth-order valence-electron chi connectivity index (χ4n) is 2.52. The molecule has 0 spiro atoms. The van der Waals surface area contributed by atoms with E-state index in [9.17, 15) is 5.11 Å². The first-order valence-corrected chi connectivity index (χ1v) is 7.16. The maximum Gasteiger partial charge on any atom is 0.0897 e. The molecule has 2 N–H and O–H groups in total. The van der Waals surface area contributed by atoms with Gasteiger partial charge in [0.05, 0.1) is 25.4 Å². The van der Waals surface area contributed by atoms with Crippen molar-refractivity contribution in [1.82, 2.24) is 5.32 Å². The number of ether oxygens (including phenoxy) is 2. The van der Waals surface area contributed by atoms with Gasteiger partial charge in [-0.1, -0.05) is 13.8 Å². The maximum atomic E-state index is 9.76. The van der Waals surface area contributed by atoms with Gasteiger partial charge in [-0.3, -0.25) is 0 Å². The predicted octanol–water partition coefficient (Wildman–Crippen LogP) is 1.18. The number of hydrogen-bond acceptors (Lipinski definition) is 4. The third-order valence-corrected chi connectivity index (χ3v) is 4.13. The van der Waals surface area contributed by atoms with Crippen molar-refractivity contribution < 1.29 is 14.6 Å². The summed E-state index contributed by atoms with van der Waals surface area (Å²) < 4.78 is 10.9. The molecule has 18 heavy (non-hydrogen) atoms. The van der Waals surface area contributed by atoms with E-state index in [1.54, 1.807) is 0 Å². The summed E-state index contributed by atoms with van der Waals surface area (Å²) in [6, 6.07) is 0. The molecule has 4 nitrogen and oxygen atoms in total. The SMILES string of the molecule is CC1(C)CC1CNCC(O)COCC1CCCO1. The number of rotatable bonds is 8. The van der Waals surface area contributed by atoms with Crippen LogP contribution < -0.4 is 5.32 Å². The summed E-state index contributed by atoms with van der Waals surface area (Å²) in [5.41, 5.74) is 0.508. The molecule has 106 valence electrons. The monoisotopic (exact) mass is 257 g/mol. The summed E-state index contributed by atoms with van der Waals surface area (Å²) in [7, 11) is 0. The van der Waals surface area contributed by atoms with Crippen molar-refractivity contribution in [1.29, 1.82) is 0 Å². The number of hydrogen-bond donors (Lipinski definition) is 2. The van der Waals surface area contributed by atoms with E-state index in [1.807, 2.05) is 0 Å². The predicted molar refractivity (Wildman–Crippen MR) is 70.6 cm³/mol. The molecule has 3 unspecified atom stereocenters. The highest BCUT2D eigenvalue weighted by Crippen LogP contribution is 2.50. The zero-order valence-electron chi connectivity index (χ0n) is 11.7. The standard InChI is InChI=1S/C14H27NO3/c1-14(2)6-11(14)7-15-8-12(16)9-17-10-13-4-3-5-18-13/h11-13,15-16H,3-10H2,1-2H3. The molecule has 1 heterocycles. The van der Waals surface area contributed by atoms with Gasteiger partial charge >= 0.3 is 0 Å². The number of aliphatic hydroxyl groups is 1. The molecule has 0 radical (unpaired) electrons. The van der Waals surface area contributed by atoms with Gasteiger partial charge in [0.15, 0.2) is 0 Å². The van der Waals surface area contributed by atoms with E-state index in [2.05, 4.69) is 19.2 Å². The fraction of sp³-hybridized carbons (Fsp3) is 1.00. The van der Waals surface area contributed by atoms with E-state index in [4.69, 9.17) is 9.47 Å². The molecule has 2 fully saturated rings. The minimum atomic E-state index is -0.409. The molecular weight excluding hydrogens is 230 g/mol. The molecule has 0 aromatic carbocycles. The first-order valence-electron chi connectivity index (χ1n) is 7.16. The second-order valence-corrected chi connectivity index (χ2v) is 6.37. The highest BCUT2D eigenvalue weighted by molar-refractivity contribution is 4.96. The summed E-state index contributed by atoms with van der Waals surface area (Å²) in [4.78, 5) is 0. The molecule has 3 atom stereocenters. The van der Waals surface area contributed by atoms with Crippen molar-refractivity contribution in [3.63, 3.8) is 0 Å². The molecule has 0 amide bonds. The molecule has 0 bridgehead atoms. The lowest BCUT2D eigenvalue weighted by Crippen LogP contribution is -2.33. The van der Waals surface area contributed by atoms with E-state index < -0.39 is 6.10 Å². The van der Waals surface area contributed by atoms with Gasteiger partial charge in [-0.2, -0.15) is 0 Å². The molecule has 1 saturated carbocycles. The van der Waals surface area contributed by atoms with Crippen LogP contribution in [0.3, 0.4) is 0 Å². The Morgan fingerprint density at radius 2 is 2.28 bits per heavy atom. The summed E-state index contributed by atoms with van der Waals surface area (Å²) in [6.45, 7) is 8.10. The Kier molecular flexibility index (Phi) is 5.01. The fourth-order valence-corrected chi connectivity index (χ4v) is 2.52. The smallest absolute Gasteiger partial charge is 0.0897 e. The molecule has 2 rings (SSSR count). The molecule has 0 aromatic rings. The van der Waals surface area contributed by atoms with Crippen LogP contribution in [-0.4, -0.2) is 50.2 Å². The molecule has 0 aromatic heterocycles. The third kappa shape index (κ3) is 4.50. The Balaban J connectivity index is 1.44. The highest BCUT2D eigenvalue weighted by Gasteiger charge is 2.44. The molecule has 1 aliphatic heterocycles. The van der Waals surface area contributed by atoms with E-state index in [1.165, 1.54) is 6.42 Å². The van der Waals surface area contributed by atoms with Crippen LogP contribution in [0.2, 0.25) is 0 Å². The van der Waals surface area contributed by atoms with Gasteiger partial charge in [0.2, 0.25) is 0 Å². The number of nitrogens with one attached hydrogen (secondary N) is 1. The summed E-state index contributed by atoms with van der Waals surface area (Å²) in [6.07, 6.45) is 3.36. The first kappa shape index (κ1) is 14.3. The van der Waals surface area contributed by atoms with Gasteiger partial charge in [0.1, 0.15) is 0 Å². The highest BCUT2D eigenvalue weighted by atomic mass is 16.5. The first-order chi connectivity index (χ1) is 8.58. The normalized spacial score (nSPS) is 31.5. The lowest BCUT2D eigenvalue weighted by Gasteiger charge is -2.15. The number of aliphatic hydroxyl groups excluding tert-OH is 1. The van der Waals surface area contributed by atoms with Crippen molar-refractivity contribution in [2.75, 3.05) is 32.9 Å². The molecular formula is C14H27NO3. The molecule has 1 saturated heterocycles. The van der Waals surface area contributed by atoms with E-state index in [0.29, 0.717) is 25.2 Å². The van der Waals surface area contributed by atoms with Crippen LogP contribution in [0.25, 0.3) is 0 Å². The Labute approximate surface area is 110 Å². The topological polar surface area (TPSA) is 50.7 Å². The Morgan fingerprint density at radius 3 is 2.89 bits per heavy atom. The van der Waals surface area contributed by atoms with Gasteiger partial charge in [-0.15, -0.1) is 0 Å². The van der Waals surface area contributed by atoms with Crippen LogP contribution in [0, 0.1) is 11.3 Å². The summed E-state index contributed by atoms with van der Waals surface area (Å²) in [5, 5.41) is 13.1. The minimum absolute atomic E-state index is 0.248. The van der Waals surface area contributed by atoms with Crippen LogP contribution in [-0.2, 0) is 9.47 Å². The van der Waals surface area contributed by atoms with Crippen molar-refractivity contribution in [2.45, 2.75) is 45.3 Å². The summed E-state index contributed by atoms with van der Waals surface area (Å²) in [5.74, 6) is 0.775. The van der Waals surface area contributed by atoms with E-state index >= 15 is 0 Å². The van der Waals surface area contributed by atoms with Crippen molar-refractivity contribution in [3.8, 4) is 0 Å². The Bertz CT molecular complexity index is 241. The zero-order valence-corrected chi connectivity index (χ0v) is 11.7. The molecule has 4 heteroatoms. The quantitative estimate of drug-likeness (QED) is 0.685. The van der Waals surface area contributed by atoms with Crippen LogP contribution in [0.15, 0.2) is 0 Å². The second kappa shape index (κ2) is 6.33. The minimum Gasteiger partial charge on any atom is -0.389 e. The van der Waals surface area contributed by atoms with Crippen LogP contribution >= 0.6 is 0 Å². The molecule has 1 aliphatic carbocycles. The van der Waals surface area contributed by atoms with Crippen molar-refractivity contribution >= 4 is 0 Å². The average Bonchev–Trinajstić information content (AvgIpc) is 2.75. The van der Waals surface area contributed by atoms with Gasteiger partial charge < -0.3 is 19.9 Å². The zero-order chi connectivity index (χ0) is 13.0. The van der Waals surface area contributed by atoms with Gasteiger partial charge in [0, 0.05) is 13.2 Å². The van der Waals surface area contributed by atoms with Crippen molar-refractivity contribution in [3.05, 3.63) is 0 Å². The van der Waals surface area contributed by atoms with Crippen LogP contribution in [0.1, 0.15) is 33.1 Å². The lowest BCUT2D eigenvalue weighted by molar-refractivity contribution is -0.0164. The van der Waals surface area contributed by atoms with E-state index in [0.717, 1.165) is 31.9 Å². The second-order valence-electron chi connectivity index (χ2n) is 6.37. The Morgan fingerprint density at radius 1 is 1.50 bits per heavy atom. The lowest BCUT2D eigenvalue weighted by atomic mass is 10.1.